The van der Waals surface area contributed by atoms with E-state index in [9.17, 15) is 4.79 Å². The van der Waals surface area contributed by atoms with Crippen LogP contribution in [0.5, 0.6) is 0 Å². The number of benzene rings is 1. The molecule has 20 heavy (non-hydrogen) atoms. The third-order valence-corrected chi connectivity index (χ3v) is 3.39. The summed E-state index contributed by atoms with van der Waals surface area (Å²) >= 11 is 0. The van der Waals surface area contributed by atoms with Crippen LogP contribution in [-0.4, -0.2) is 37.7 Å². The maximum absolute atomic E-state index is 11.9. The van der Waals surface area contributed by atoms with Crippen molar-refractivity contribution in [3.05, 3.63) is 23.8 Å². The summed E-state index contributed by atoms with van der Waals surface area (Å²) in [7, 11) is 0. The first-order valence-corrected chi connectivity index (χ1v) is 7.09. The Kier molecular flexibility index (Phi) is 4.49. The van der Waals surface area contributed by atoms with E-state index in [0.29, 0.717) is 17.8 Å². The third-order valence-electron chi connectivity index (χ3n) is 3.39. The van der Waals surface area contributed by atoms with Gasteiger partial charge in [0.05, 0.1) is 23.6 Å². The van der Waals surface area contributed by atoms with Gasteiger partial charge in [0, 0.05) is 25.2 Å². The average molecular weight is 277 g/mol. The third kappa shape index (κ3) is 3.22. The van der Waals surface area contributed by atoms with Gasteiger partial charge < -0.3 is 20.7 Å². The highest BCUT2D eigenvalue weighted by atomic mass is 16.5. The second-order valence-electron chi connectivity index (χ2n) is 5.30. The number of nitrogens with one attached hydrogen (secondary N) is 1. The highest BCUT2D eigenvalue weighted by Gasteiger charge is 2.24. The zero-order valence-corrected chi connectivity index (χ0v) is 12.3. The second-order valence-corrected chi connectivity index (χ2v) is 5.30. The molecular formula is C15H23N3O2. The minimum atomic E-state index is -0.0666. The first kappa shape index (κ1) is 14.7. The van der Waals surface area contributed by atoms with Crippen molar-refractivity contribution in [2.75, 3.05) is 30.3 Å². The van der Waals surface area contributed by atoms with Crippen LogP contribution in [-0.2, 0) is 4.74 Å². The quantitative estimate of drug-likeness (QED) is 0.824. The Morgan fingerprint density at radius 2 is 2.05 bits per heavy atom. The van der Waals surface area contributed by atoms with Crippen molar-refractivity contribution in [2.24, 2.45) is 0 Å². The number of anilines is 2. The van der Waals surface area contributed by atoms with E-state index in [1.807, 2.05) is 26.8 Å². The molecule has 5 nitrogen and oxygen atoms in total. The van der Waals surface area contributed by atoms with Crippen LogP contribution in [0.25, 0.3) is 0 Å². The first-order valence-electron chi connectivity index (χ1n) is 7.09. The van der Waals surface area contributed by atoms with E-state index in [0.717, 1.165) is 18.8 Å². The lowest BCUT2D eigenvalue weighted by Gasteiger charge is -2.37. The van der Waals surface area contributed by atoms with Crippen LogP contribution in [0.1, 0.15) is 31.1 Å². The Morgan fingerprint density at radius 3 is 2.65 bits per heavy atom. The van der Waals surface area contributed by atoms with Crippen molar-refractivity contribution in [3.8, 4) is 0 Å². The predicted octanol–water partition coefficient (Wildman–Crippen LogP) is 1.63. The molecule has 1 aromatic rings. The van der Waals surface area contributed by atoms with Crippen molar-refractivity contribution in [1.82, 2.24) is 5.32 Å². The number of amides is 1. The minimum absolute atomic E-state index is 0.0666. The van der Waals surface area contributed by atoms with E-state index in [1.165, 1.54) is 0 Å². The van der Waals surface area contributed by atoms with Crippen LogP contribution >= 0.6 is 0 Å². The van der Waals surface area contributed by atoms with Crippen LogP contribution in [0, 0.1) is 0 Å². The molecule has 3 N–H and O–H groups in total. The van der Waals surface area contributed by atoms with Gasteiger partial charge in [0.25, 0.3) is 5.91 Å². The average Bonchev–Trinajstić information content (AvgIpc) is 2.38. The maximum Gasteiger partial charge on any atom is 0.251 e. The summed E-state index contributed by atoms with van der Waals surface area (Å²) in [6, 6.07) is 5.42. The number of nitrogens with two attached hydrogens (primary N) is 1. The summed E-state index contributed by atoms with van der Waals surface area (Å²) in [5.41, 5.74) is 8.32. The fourth-order valence-electron chi connectivity index (χ4n) is 2.60. The monoisotopic (exact) mass is 277 g/mol. The fourth-order valence-corrected chi connectivity index (χ4v) is 2.60. The fraction of sp³-hybridized carbons (Fsp3) is 0.533. The molecule has 1 aliphatic rings. The molecule has 1 fully saturated rings. The van der Waals surface area contributed by atoms with Crippen LogP contribution < -0.4 is 16.0 Å². The van der Waals surface area contributed by atoms with Crippen molar-refractivity contribution < 1.29 is 9.53 Å². The van der Waals surface area contributed by atoms with Gasteiger partial charge in [0.1, 0.15) is 0 Å². The standard InChI is InChI=1S/C15H23N3O2/c1-4-17-15(19)12-5-6-13(16)14(7-12)18-8-10(2)20-11(3)9-18/h5-7,10-11H,4,8-9,16H2,1-3H3,(H,17,19). The first-order chi connectivity index (χ1) is 9.51. The lowest BCUT2D eigenvalue weighted by atomic mass is 10.1. The van der Waals surface area contributed by atoms with Gasteiger partial charge in [-0.2, -0.15) is 0 Å². The van der Waals surface area contributed by atoms with E-state index in [2.05, 4.69) is 10.2 Å². The summed E-state index contributed by atoms with van der Waals surface area (Å²) in [4.78, 5) is 14.1. The summed E-state index contributed by atoms with van der Waals surface area (Å²) in [6.07, 6.45) is 0.317. The summed E-state index contributed by atoms with van der Waals surface area (Å²) in [5.74, 6) is -0.0666. The molecule has 0 aromatic heterocycles. The van der Waals surface area contributed by atoms with Gasteiger partial charge in [-0.3, -0.25) is 4.79 Å². The van der Waals surface area contributed by atoms with E-state index in [1.54, 1.807) is 12.1 Å². The number of hydrogen-bond acceptors (Lipinski definition) is 4. The molecule has 1 amide bonds. The van der Waals surface area contributed by atoms with Crippen LogP contribution in [0.4, 0.5) is 11.4 Å². The number of nitrogens with zero attached hydrogens (tertiary/aromatic N) is 1. The molecule has 5 heteroatoms. The highest BCUT2D eigenvalue weighted by molar-refractivity contribution is 5.96. The molecule has 0 saturated carbocycles. The Bertz CT molecular complexity index is 480. The van der Waals surface area contributed by atoms with Gasteiger partial charge in [-0.1, -0.05) is 0 Å². The van der Waals surface area contributed by atoms with Gasteiger partial charge in [-0.15, -0.1) is 0 Å². The van der Waals surface area contributed by atoms with Crippen LogP contribution in [0.2, 0.25) is 0 Å². The predicted molar refractivity (Wildman–Crippen MR) is 81.1 cm³/mol. The van der Waals surface area contributed by atoms with E-state index in [4.69, 9.17) is 10.5 Å². The van der Waals surface area contributed by atoms with Crippen molar-refractivity contribution in [2.45, 2.75) is 33.0 Å². The van der Waals surface area contributed by atoms with Crippen molar-refractivity contribution in [1.29, 1.82) is 0 Å². The normalized spacial score (nSPS) is 22.6. The Morgan fingerprint density at radius 1 is 1.40 bits per heavy atom. The topological polar surface area (TPSA) is 67.6 Å². The van der Waals surface area contributed by atoms with E-state index in [-0.39, 0.29) is 18.1 Å². The van der Waals surface area contributed by atoms with Gasteiger partial charge in [-0.25, -0.2) is 0 Å². The number of carbonyl (C=O) groups is 1. The molecule has 2 unspecified atom stereocenters. The lowest BCUT2D eigenvalue weighted by Crippen LogP contribution is -2.45. The van der Waals surface area contributed by atoms with Crippen LogP contribution in [0.15, 0.2) is 18.2 Å². The van der Waals surface area contributed by atoms with Gasteiger partial charge in [0.15, 0.2) is 0 Å². The molecular weight excluding hydrogens is 254 g/mol. The number of ether oxygens (including phenoxy) is 1. The number of hydrogen-bond donors (Lipinski definition) is 2. The van der Waals surface area contributed by atoms with E-state index < -0.39 is 0 Å². The zero-order valence-electron chi connectivity index (χ0n) is 12.3. The molecule has 1 aliphatic heterocycles. The maximum atomic E-state index is 11.9. The summed E-state index contributed by atoms with van der Waals surface area (Å²) in [5, 5.41) is 2.81. The molecule has 1 heterocycles. The summed E-state index contributed by atoms with van der Waals surface area (Å²) in [6.45, 7) is 8.19. The van der Waals surface area contributed by atoms with Crippen molar-refractivity contribution >= 4 is 17.3 Å². The van der Waals surface area contributed by atoms with Crippen LogP contribution in [0.3, 0.4) is 0 Å². The van der Waals surface area contributed by atoms with Crippen molar-refractivity contribution in [3.63, 3.8) is 0 Å². The largest absolute Gasteiger partial charge is 0.397 e. The number of morpholine rings is 1. The molecule has 0 radical (unpaired) electrons. The molecule has 1 saturated heterocycles. The molecule has 0 spiro atoms. The molecule has 0 bridgehead atoms. The minimum Gasteiger partial charge on any atom is -0.397 e. The second kappa shape index (κ2) is 6.13. The SMILES string of the molecule is CCNC(=O)c1ccc(N)c(N2CC(C)OC(C)C2)c1. The molecule has 2 rings (SSSR count). The number of rotatable bonds is 3. The molecule has 1 aromatic carbocycles. The lowest BCUT2D eigenvalue weighted by molar-refractivity contribution is -0.00517. The van der Waals surface area contributed by atoms with Gasteiger partial charge in [-0.05, 0) is 39.0 Å². The van der Waals surface area contributed by atoms with Gasteiger partial charge >= 0.3 is 0 Å². The molecule has 110 valence electrons. The van der Waals surface area contributed by atoms with Gasteiger partial charge in [0.2, 0.25) is 0 Å². The molecule has 2 atom stereocenters. The Balaban J connectivity index is 2.26. The summed E-state index contributed by atoms with van der Waals surface area (Å²) < 4.78 is 5.73. The number of nitrogen functional groups attached to an aromatic ring is 1. The number of carbonyl (C=O) groups excluding carboxylic acids is 1. The highest BCUT2D eigenvalue weighted by Crippen LogP contribution is 2.27. The smallest absolute Gasteiger partial charge is 0.251 e. The Hall–Kier alpha value is -1.75. The molecule has 0 aliphatic carbocycles. The van der Waals surface area contributed by atoms with E-state index >= 15 is 0 Å². The zero-order chi connectivity index (χ0) is 14.7. The Labute approximate surface area is 120 Å².